The van der Waals surface area contributed by atoms with Crippen LogP contribution < -0.4 is 5.32 Å². The van der Waals surface area contributed by atoms with Crippen LogP contribution in [-0.4, -0.2) is 12.6 Å². The van der Waals surface area contributed by atoms with Crippen LogP contribution in [0, 0.1) is 11.8 Å². The lowest BCUT2D eigenvalue weighted by Crippen LogP contribution is -2.24. The lowest BCUT2D eigenvalue weighted by Gasteiger charge is -2.05. The molecule has 0 spiro atoms. The molecule has 0 fully saturated rings. The summed E-state index contributed by atoms with van der Waals surface area (Å²) in [6, 6.07) is 17.5. The quantitative estimate of drug-likeness (QED) is 0.656. The molecule has 0 bridgehead atoms. The van der Waals surface area contributed by atoms with Gasteiger partial charge in [-0.15, -0.1) is 0 Å². The largest absolute Gasteiger partial charge is 0.445 e. The molecule has 24 heavy (non-hydrogen) atoms. The maximum absolute atomic E-state index is 11.6. The molecule has 0 aliphatic carbocycles. The second-order valence-corrected chi connectivity index (χ2v) is 5.40. The Morgan fingerprint density at radius 1 is 1.12 bits per heavy atom. The normalized spacial score (nSPS) is 9.54. The summed E-state index contributed by atoms with van der Waals surface area (Å²) in [6.07, 6.45) is 0.148. The molecule has 122 valence electrons. The van der Waals surface area contributed by atoms with Gasteiger partial charge >= 0.3 is 6.09 Å². The van der Waals surface area contributed by atoms with E-state index in [1.165, 1.54) is 0 Å². The van der Waals surface area contributed by atoms with Crippen molar-refractivity contribution in [1.29, 1.82) is 0 Å². The third-order valence-electron chi connectivity index (χ3n) is 3.34. The summed E-state index contributed by atoms with van der Waals surface area (Å²) in [4.78, 5) is 11.6. The number of alkyl carbamates (subject to hydrolysis) is 1. The van der Waals surface area contributed by atoms with Gasteiger partial charge < -0.3 is 10.1 Å². The lowest BCUT2D eigenvalue weighted by atomic mass is 10.1. The van der Waals surface area contributed by atoms with Crippen LogP contribution in [0.15, 0.2) is 61.2 Å². The first kappa shape index (κ1) is 17.4. The van der Waals surface area contributed by atoms with Crippen LogP contribution in [0.25, 0.3) is 5.57 Å². The van der Waals surface area contributed by atoms with Gasteiger partial charge in [0.2, 0.25) is 0 Å². The van der Waals surface area contributed by atoms with Crippen molar-refractivity contribution in [1.82, 2.24) is 5.32 Å². The standard InChI is InChI=1S/C21H21NO2/c1-17(2)20-13-11-18(12-14-20)8-6-7-15-22-21(23)24-16-19-9-4-3-5-10-19/h3-5,9-14H,1,7,15-16H2,2H3,(H,22,23). The van der Waals surface area contributed by atoms with Crippen LogP contribution in [0.1, 0.15) is 30.0 Å². The van der Waals surface area contributed by atoms with Gasteiger partial charge in [-0.25, -0.2) is 4.79 Å². The SMILES string of the molecule is C=C(C)c1ccc(C#CCCNC(=O)OCc2ccccc2)cc1. The summed E-state index contributed by atoms with van der Waals surface area (Å²) in [5.41, 5.74) is 4.06. The third-order valence-corrected chi connectivity index (χ3v) is 3.34. The number of benzene rings is 2. The first-order valence-electron chi connectivity index (χ1n) is 7.84. The predicted octanol–water partition coefficient (Wildman–Crippen LogP) is 4.39. The molecule has 2 aromatic carbocycles. The second kappa shape index (κ2) is 9.22. The minimum Gasteiger partial charge on any atom is -0.445 e. The zero-order valence-corrected chi connectivity index (χ0v) is 13.8. The van der Waals surface area contributed by atoms with E-state index in [9.17, 15) is 4.79 Å². The minimum atomic E-state index is -0.425. The predicted molar refractivity (Wildman–Crippen MR) is 97.3 cm³/mol. The Morgan fingerprint density at radius 3 is 2.50 bits per heavy atom. The molecule has 0 aliphatic rings. The Balaban J connectivity index is 1.67. The van der Waals surface area contributed by atoms with E-state index in [1.807, 2.05) is 61.5 Å². The molecule has 0 unspecified atom stereocenters. The summed E-state index contributed by atoms with van der Waals surface area (Å²) in [5, 5.41) is 2.69. The van der Waals surface area contributed by atoms with Crippen LogP contribution in [0.4, 0.5) is 4.79 Å². The molecule has 2 aromatic rings. The number of carbonyl (C=O) groups excluding carboxylic acids is 1. The molecule has 0 atom stereocenters. The number of rotatable bonds is 5. The van der Waals surface area contributed by atoms with Crippen molar-refractivity contribution in [3.63, 3.8) is 0 Å². The highest BCUT2D eigenvalue weighted by molar-refractivity contribution is 5.67. The lowest BCUT2D eigenvalue weighted by molar-refractivity contribution is 0.140. The highest BCUT2D eigenvalue weighted by Crippen LogP contribution is 2.11. The van der Waals surface area contributed by atoms with Crippen LogP contribution in [0.2, 0.25) is 0 Å². The molecule has 0 aromatic heterocycles. The van der Waals surface area contributed by atoms with Crippen molar-refractivity contribution in [3.8, 4) is 11.8 Å². The van der Waals surface area contributed by atoms with E-state index in [0.717, 1.165) is 22.3 Å². The van der Waals surface area contributed by atoms with Crippen molar-refractivity contribution in [3.05, 3.63) is 77.9 Å². The Labute approximate surface area is 143 Å². The molecule has 2 rings (SSSR count). The van der Waals surface area contributed by atoms with Gasteiger partial charge in [0, 0.05) is 18.5 Å². The average Bonchev–Trinajstić information content (AvgIpc) is 2.61. The molecule has 1 amide bonds. The van der Waals surface area contributed by atoms with Crippen molar-refractivity contribution in [2.75, 3.05) is 6.54 Å². The molecule has 0 heterocycles. The molecule has 0 saturated heterocycles. The number of allylic oxidation sites excluding steroid dienone is 1. The molecule has 1 N–H and O–H groups in total. The summed E-state index contributed by atoms with van der Waals surface area (Å²) < 4.78 is 5.12. The maximum atomic E-state index is 11.6. The van der Waals surface area contributed by atoms with Crippen LogP contribution in [-0.2, 0) is 11.3 Å². The zero-order valence-electron chi connectivity index (χ0n) is 13.8. The summed E-state index contributed by atoms with van der Waals surface area (Å²) >= 11 is 0. The Kier molecular flexibility index (Phi) is 6.67. The smallest absolute Gasteiger partial charge is 0.407 e. The number of amides is 1. The Hall–Kier alpha value is -2.99. The summed E-state index contributed by atoms with van der Waals surface area (Å²) in [6.45, 7) is 6.61. The van der Waals surface area contributed by atoms with E-state index >= 15 is 0 Å². The fourth-order valence-electron chi connectivity index (χ4n) is 2.00. The highest BCUT2D eigenvalue weighted by Gasteiger charge is 2.00. The number of nitrogens with one attached hydrogen (secondary N) is 1. The van der Waals surface area contributed by atoms with Gasteiger partial charge in [-0.05, 0) is 30.2 Å². The molecule has 3 nitrogen and oxygen atoms in total. The van der Waals surface area contributed by atoms with Gasteiger partial charge in [-0.3, -0.25) is 0 Å². The van der Waals surface area contributed by atoms with Crippen LogP contribution in [0.5, 0.6) is 0 Å². The maximum Gasteiger partial charge on any atom is 0.407 e. The van der Waals surface area contributed by atoms with Gasteiger partial charge in [0.25, 0.3) is 0 Å². The van der Waals surface area contributed by atoms with Gasteiger partial charge in [-0.2, -0.15) is 0 Å². The van der Waals surface area contributed by atoms with Gasteiger partial charge in [0.15, 0.2) is 0 Å². The van der Waals surface area contributed by atoms with Crippen LogP contribution >= 0.6 is 0 Å². The van der Waals surface area contributed by atoms with Gasteiger partial charge in [0.1, 0.15) is 6.61 Å². The molecule has 0 radical (unpaired) electrons. The molecule has 0 saturated carbocycles. The van der Waals surface area contributed by atoms with E-state index in [0.29, 0.717) is 13.0 Å². The second-order valence-electron chi connectivity index (χ2n) is 5.40. The Morgan fingerprint density at radius 2 is 1.83 bits per heavy atom. The summed E-state index contributed by atoms with van der Waals surface area (Å²) in [7, 11) is 0. The van der Waals surface area contributed by atoms with E-state index in [1.54, 1.807) is 0 Å². The number of ether oxygens (including phenoxy) is 1. The molecule has 0 aliphatic heterocycles. The first-order valence-corrected chi connectivity index (χ1v) is 7.84. The molecular weight excluding hydrogens is 298 g/mol. The molecular formula is C21H21NO2. The highest BCUT2D eigenvalue weighted by atomic mass is 16.5. The van der Waals surface area contributed by atoms with E-state index in [4.69, 9.17) is 4.74 Å². The van der Waals surface area contributed by atoms with Gasteiger partial charge in [-0.1, -0.05) is 66.5 Å². The van der Waals surface area contributed by atoms with Gasteiger partial charge in [0.05, 0.1) is 0 Å². The van der Waals surface area contributed by atoms with E-state index < -0.39 is 6.09 Å². The third kappa shape index (κ3) is 6.02. The van der Waals surface area contributed by atoms with Crippen molar-refractivity contribution >= 4 is 11.7 Å². The van der Waals surface area contributed by atoms with E-state index in [-0.39, 0.29) is 6.61 Å². The van der Waals surface area contributed by atoms with Crippen LogP contribution in [0.3, 0.4) is 0 Å². The topological polar surface area (TPSA) is 38.3 Å². The Bertz CT molecular complexity index is 737. The fraction of sp³-hybridized carbons (Fsp3) is 0.190. The number of hydrogen-bond donors (Lipinski definition) is 1. The van der Waals surface area contributed by atoms with E-state index in [2.05, 4.69) is 23.7 Å². The van der Waals surface area contributed by atoms with Crippen molar-refractivity contribution < 1.29 is 9.53 Å². The minimum absolute atomic E-state index is 0.271. The number of carbonyl (C=O) groups is 1. The summed E-state index contributed by atoms with van der Waals surface area (Å²) in [5.74, 6) is 6.11. The monoisotopic (exact) mass is 319 g/mol. The fourth-order valence-corrected chi connectivity index (χ4v) is 2.00. The molecule has 3 heteroatoms. The average molecular weight is 319 g/mol. The first-order chi connectivity index (χ1) is 11.6. The van der Waals surface area contributed by atoms with Crippen molar-refractivity contribution in [2.45, 2.75) is 20.0 Å². The zero-order chi connectivity index (χ0) is 17.2. The number of hydrogen-bond acceptors (Lipinski definition) is 2. The van der Waals surface area contributed by atoms with Crippen molar-refractivity contribution in [2.24, 2.45) is 0 Å².